The van der Waals surface area contributed by atoms with Crippen molar-refractivity contribution in [1.82, 2.24) is 24.8 Å². The van der Waals surface area contributed by atoms with E-state index in [4.69, 9.17) is 19.5 Å². The monoisotopic (exact) mass is 628 g/mol. The van der Waals surface area contributed by atoms with E-state index in [1.54, 1.807) is 10.9 Å². The SMILES string of the molecule is CCC=CCC=CCC=CCC=CCC=CCCCC(=O)NCCOP(=O)(CO[C@H](C)Cn1cnc2c(N)ncnc21)OC. The smallest absolute Gasteiger partial charge is 0.355 e. The predicted molar refractivity (Wildman–Crippen MR) is 177 cm³/mol. The van der Waals surface area contributed by atoms with Crippen LogP contribution in [-0.4, -0.2) is 58.1 Å². The highest BCUT2D eigenvalue weighted by molar-refractivity contribution is 7.53. The number of carbonyl (C=O) groups is 1. The fourth-order valence-corrected chi connectivity index (χ4v) is 5.03. The first kappa shape index (κ1) is 36.8. The molecule has 2 atom stereocenters. The lowest BCUT2D eigenvalue weighted by Crippen LogP contribution is -2.27. The first-order chi connectivity index (χ1) is 21.4. The second-order valence-electron chi connectivity index (χ2n) is 10.0. The number of nitrogens with zero attached hydrogens (tertiary/aromatic N) is 4. The third-order valence-corrected chi connectivity index (χ3v) is 7.92. The molecule has 2 rings (SSSR count). The maximum absolute atomic E-state index is 12.9. The van der Waals surface area contributed by atoms with Crippen molar-refractivity contribution in [1.29, 1.82) is 0 Å². The molecule has 0 radical (unpaired) electrons. The van der Waals surface area contributed by atoms with E-state index in [1.165, 1.54) is 13.4 Å². The number of anilines is 1. The number of fused-ring (bicyclic) bond motifs is 1. The number of aromatic nitrogens is 4. The van der Waals surface area contributed by atoms with Gasteiger partial charge in [-0.2, -0.15) is 0 Å². The fourth-order valence-electron chi connectivity index (χ4n) is 3.94. The number of unbranched alkanes of at least 4 members (excludes halogenated alkanes) is 1. The molecule has 2 heterocycles. The molecule has 0 saturated carbocycles. The van der Waals surface area contributed by atoms with Crippen molar-refractivity contribution in [3.8, 4) is 0 Å². The Balaban J connectivity index is 1.51. The fraction of sp³-hybridized carbons (Fsp3) is 0.500. The number of carbonyl (C=O) groups excluding carboxylic acids is 1. The lowest BCUT2D eigenvalue weighted by atomic mass is 10.2. The van der Waals surface area contributed by atoms with Gasteiger partial charge in [0.05, 0.1) is 25.6 Å². The zero-order valence-electron chi connectivity index (χ0n) is 26.3. The average Bonchev–Trinajstić information content (AvgIpc) is 3.43. The lowest BCUT2D eigenvalue weighted by molar-refractivity contribution is -0.121. The van der Waals surface area contributed by atoms with Crippen LogP contribution in [0.3, 0.4) is 0 Å². The first-order valence-electron chi connectivity index (χ1n) is 15.2. The number of nitrogens with one attached hydrogen (secondary N) is 1. The van der Waals surface area contributed by atoms with Gasteiger partial charge in [0.1, 0.15) is 18.2 Å². The number of allylic oxidation sites excluding steroid dienone is 10. The Labute approximate surface area is 261 Å². The van der Waals surface area contributed by atoms with Crippen molar-refractivity contribution in [2.24, 2.45) is 0 Å². The molecule has 44 heavy (non-hydrogen) atoms. The molecule has 12 heteroatoms. The van der Waals surface area contributed by atoms with Gasteiger partial charge in [-0.05, 0) is 51.9 Å². The van der Waals surface area contributed by atoms with Crippen LogP contribution in [0.1, 0.15) is 65.2 Å². The number of hydrogen-bond acceptors (Lipinski definition) is 9. The standard InChI is InChI=1S/C32H49N6O5P/c1-4-5-6-7-8-9-10-11-12-13-14-15-16-17-18-19-20-21-29(39)34-22-23-43-44(40,41-3)27-42-28(2)24-38-26-37-30-31(33)35-25-36-32(30)38/h5-6,8-9,11-12,14-15,17-18,25-26,28H,4,7,10,13,16,19-24,27H2,1-3H3,(H,34,39)(H2,33,35,36)/t28-,44?/m1/s1. The molecule has 0 aliphatic heterocycles. The third kappa shape index (κ3) is 15.4. The Bertz CT molecular complexity index is 1300. The second-order valence-corrected chi connectivity index (χ2v) is 12.1. The summed E-state index contributed by atoms with van der Waals surface area (Å²) in [5.74, 6) is 0.229. The van der Waals surface area contributed by atoms with E-state index < -0.39 is 7.60 Å². The predicted octanol–water partition coefficient (Wildman–Crippen LogP) is 6.67. The molecular weight excluding hydrogens is 579 g/mol. The van der Waals surface area contributed by atoms with Crippen LogP contribution in [0.4, 0.5) is 5.82 Å². The van der Waals surface area contributed by atoms with Gasteiger partial charge < -0.3 is 29.4 Å². The minimum absolute atomic E-state index is 0.0473. The van der Waals surface area contributed by atoms with Crippen molar-refractivity contribution in [2.75, 3.05) is 32.3 Å². The number of imidazole rings is 1. The van der Waals surface area contributed by atoms with Crippen LogP contribution in [-0.2, 0) is 29.7 Å². The highest BCUT2D eigenvalue weighted by Gasteiger charge is 2.25. The Morgan fingerprint density at radius 3 is 2.27 bits per heavy atom. The molecule has 0 fully saturated rings. The molecule has 0 aliphatic carbocycles. The van der Waals surface area contributed by atoms with Crippen LogP contribution in [0.5, 0.6) is 0 Å². The van der Waals surface area contributed by atoms with Crippen molar-refractivity contribution >= 4 is 30.5 Å². The largest absolute Gasteiger partial charge is 0.382 e. The van der Waals surface area contributed by atoms with Crippen molar-refractivity contribution in [3.63, 3.8) is 0 Å². The molecule has 0 bridgehead atoms. The summed E-state index contributed by atoms with van der Waals surface area (Å²) in [5, 5.41) is 2.79. The van der Waals surface area contributed by atoms with Gasteiger partial charge in [0, 0.05) is 20.1 Å². The number of nitrogens with two attached hydrogens (primary N) is 1. The second kappa shape index (κ2) is 22.2. The summed E-state index contributed by atoms with van der Waals surface area (Å²) in [6.45, 7) is 4.65. The molecule has 242 valence electrons. The van der Waals surface area contributed by atoms with Gasteiger partial charge in [-0.3, -0.25) is 9.36 Å². The zero-order valence-corrected chi connectivity index (χ0v) is 27.2. The van der Waals surface area contributed by atoms with E-state index in [9.17, 15) is 9.36 Å². The van der Waals surface area contributed by atoms with Crippen LogP contribution in [0.15, 0.2) is 73.4 Å². The molecule has 1 unspecified atom stereocenters. The van der Waals surface area contributed by atoms with Gasteiger partial charge in [0.15, 0.2) is 11.5 Å². The molecular formula is C32H49N6O5P. The highest BCUT2D eigenvalue weighted by atomic mass is 31.2. The number of amides is 1. The summed E-state index contributed by atoms with van der Waals surface area (Å²) in [4.78, 5) is 24.5. The Hall–Kier alpha value is -3.37. The molecule has 3 N–H and O–H groups in total. The lowest BCUT2D eigenvalue weighted by Gasteiger charge is -2.20. The van der Waals surface area contributed by atoms with Crippen LogP contribution in [0.2, 0.25) is 0 Å². The van der Waals surface area contributed by atoms with Gasteiger partial charge >= 0.3 is 7.60 Å². The van der Waals surface area contributed by atoms with Crippen molar-refractivity contribution < 1.29 is 23.1 Å². The van der Waals surface area contributed by atoms with E-state index >= 15 is 0 Å². The van der Waals surface area contributed by atoms with E-state index in [2.05, 4.69) is 88.0 Å². The zero-order chi connectivity index (χ0) is 31.9. The number of rotatable bonds is 23. The van der Waals surface area contributed by atoms with Gasteiger partial charge in [-0.25, -0.2) is 15.0 Å². The summed E-state index contributed by atoms with van der Waals surface area (Å²) in [6, 6.07) is 0. The number of ether oxygens (including phenoxy) is 1. The molecule has 0 saturated heterocycles. The van der Waals surface area contributed by atoms with E-state index in [0.717, 1.165) is 44.9 Å². The van der Waals surface area contributed by atoms with Crippen LogP contribution >= 0.6 is 7.60 Å². The van der Waals surface area contributed by atoms with E-state index in [1.807, 2.05) is 6.92 Å². The highest BCUT2D eigenvalue weighted by Crippen LogP contribution is 2.47. The van der Waals surface area contributed by atoms with Crippen LogP contribution in [0.25, 0.3) is 11.2 Å². The summed E-state index contributed by atoms with van der Waals surface area (Å²) < 4.78 is 30.9. The average molecular weight is 629 g/mol. The molecule has 11 nitrogen and oxygen atoms in total. The van der Waals surface area contributed by atoms with Gasteiger partial charge in [-0.15, -0.1) is 0 Å². The third-order valence-electron chi connectivity index (χ3n) is 6.32. The normalized spacial score (nSPS) is 14.6. The maximum atomic E-state index is 12.9. The Morgan fingerprint density at radius 2 is 1.64 bits per heavy atom. The van der Waals surface area contributed by atoms with E-state index in [0.29, 0.717) is 29.9 Å². The molecule has 0 aromatic carbocycles. The topological polar surface area (TPSA) is 143 Å². The summed E-state index contributed by atoms with van der Waals surface area (Å²) in [7, 11) is -2.17. The van der Waals surface area contributed by atoms with Gasteiger partial charge in [0.2, 0.25) is 5.91 Å². The maximum Gasteiger partial charge on any atom is 0.355 e. The minimum Gasteiger partial charge on any atom is -0.382 e. The molecule has 0 spiro atoms. The van der Waals surface area contributed by atoms with Crippen LogP contribution in [0, 0.1) is 0 Å². The first-order valence-corrected chi connectivity index (χ1v) is 16.9. The molecule has 1 amide bonds. The summed E-state index contributed by atoms with van der Waals surface area (Å²) in [6.07, 6.45) is 30.9. The molecule has 2 aromatic rings. The number of nitrogen functional groups attached to an aromatic ring is 1. The van der Waals surface area contributed by atoms with Gasteiger partial charge in [0.25, 0.3) is 0 Å². The minimum atomic E-state index is -3.48. The Kier molecular flexibility index (Phi) is 18.6. The molecule has 2 aromatic heterocycles. The quantitative estimate of drug-likeness (QED) is 0.0784. The van der Waals surface area contributed by atoms with Crippen molar-refractivity contribution in [3.05, 3.63) is 73.4 Å². The summed E-state index contributed by atoms with van der Waals surface area (Å²) >= 11 is 0. The number of hydrogen-bond donors (Lipinski definition) is 2. The summed E-state index contributed by atoms with van der Waals surface area (Å²) in [5.41, 5.74) is 6.93. The molecule has 0 aliphatic rings. The van der Waals surface area contributed by atoms with Crippen molar-refractivity contribution in [2.45, 2.75) is 77.9 Å². The van der Waals surface area contributed by atoms with E-state index in [-0.39, 0.29) is 31.5 Å². The van der Waals surface area contributed by atoms with Gasteiger partial charge in [-0.1, -0.05) is 67.7 Å². The van der Waals surface area contributed by atoms with Crippen LogP contribution < -0.4 is 11.1 Å². The Morgan fingerprint density at radius 1 is 1.00 bits per heavy atom.